The molecule has 1 saturated carbocycles. The van der Waals surface area contributed by atoms with E-state index in [0.717, 1.165) is 213 Å². The standard InChI is InChI=1S/C27H31N9O.C27H24N8O2.C25H27N9O.C25H31N7O/c1-16(2)34-9-7-20(8-10-34)36-21(11-18-6-4-5-17(3)22(18)27(36)37)14-35-26-23(25(28)29-15-30-26)24(33-35)19-12-31-32-13-19;1-14-4-2-5-15-10-18(35(17-6-3-7-17)26(36)21(14)15)12-34-25-22(24(28)30-13-31-25)23(33-34)16-8-9-20-19(11-16)32-27(29)37-20;1-15-4-3-5-16-10-19(34(25(35)20(15)16)18-6-8-32(2)9-7-18)13-33-24-21(23(26)27-14-28-24)22(31-33)17-11-29-30-12-17;1-16(2)31-10-8-19(9-11-31)32-20(12-18-7-5-6-17(3)21(18)25(32)33)13-30(4)24-22-23(27-14-26-22)28-15-29-24/h4-6,11-13,15-16,20H,7-10,14H2,1-3H3,(H,31,32)(H2,28,29,30);2,4-5,8-11,13,17H,3,6-7,12H2,1H3,(H2,29,32)(H2,28,30,31);3-5,10-12,14,18H,6-9,13H2,1-2H3,(H,29,30)(H2,26,27,28);5-7,12,14-16,19H,8-11,13H2,1-4H3,(H,26,27,28,29). The molecule has 0 amide bonds. The molecule has 724 valence electrons. The number of nitrogens with one attached hydrogen (secondary N) is 3. The van der Waals surface area contributed by atoms with Crippen molar-refractivity contribution in [2.75, 3.05) is 81.2 Å². The number of rotatable bonds is 18. The van der Waals surface area contributed by atoms with Crippen LogP contribution in [-0.2, 0) is 26.2 Å². The molecule has 20 aromatic rings. The summed E-state index contributed by atoms with van der Waals surface area (Å²) in [6.07, 6.45) is 23.2. The zero-order valence-electron chi connectivity index (χ0n) is 81.0. The summed E-state index contributed by atoms with van der Waals surface area (Å²) >= 11 is 0. The molecule has 4 fully saturated rings. The zero-order valence-corrected chi connectivity index (χ0v) is 81.0. The molecule has 4 aliphatic rings. The molecule has 18 heterocycles. The quantitative estimate of drug-likeness (QED) is 0.0419. The van der Waals surface area contributed by atoms with E-state index < -0.39 is 0 Å². The minimum atomic E-state index is 0.0511. The smallest absolute Gasteiger partial charge is 0.292 e. The lowest BCUT2D eigenvalue weighted by atomic mass is 9.91. The van der Waals surface area contributed by atoms with Crippen molar-refractivity contribution < 1.29 is 4.42 Å². The Morgan fingerprint density at radius 1 is 0.430 bits per heavy atom. The molecule has 15 aromatic heterocycles. The first-order valence-electron chi connectivity index (χ1n) is 48.5. The highest BCUT2D eigenvalue weighted by atomic mass is 16.4. The number of oxazole rings is 1. The second-order valence-electron chi connectivity index (χ2n) is 38.5. The summed E-state index contributed by atoms with van der Waals surface area (Å²) in [4.78, 5) is 111. The van der Waals surface area contributed by atoms with Gasteiger partial charge in [-0.25, -0.2) is 58.9 Å². The number of anilines is 5. The minimum absolute atomic E-state index is 0.0511. The van der Waals surface area contributed by atoms with Crippen molar-refractivity contribution in [2.24, 2.45) is 0 Å². The van der Waals surface area contributed by atoms with E-state index in [9.17, 15) is 19.2 Å². The van der Waals surface area contributed by atoms with Crippen LogP contribution in [0.25, 0.3) is 132 Å². The molecule has 24 rings (SSSR count). The lowest BCUT2D eigenvalue weighted by Crippen LogP contribution is -2.42. The number of H-pyrrole nitrogens is 3. The van der Waals surface area contributed by atoms with Gasteiger partial charge in [-0.3, -0.25) is 29.4 Å². The van der Waals surface area contributed by atoms with Gasteiger partial charge in [0.25, 0.3) is 28.3 Å². The lowest BCUT2D eigenvalue weighted by Gasteiger charge is -2.36. The van der Waals surface area contributed by atoms with Crippen LogP contribution in [0.2, 0.25) is 0 Å². The predicted octanol–water partition coefficient (Wildman–Crippen LogP) is 14.1. The maximum absolute atomic E-state index is 14.0. The Morgan fingerprint density at radius 2 is 0.810 bits per heavy atom. The number of hydrogen-bond donors (Lipinski definition) is 7. The Hall–Kier alpha value is -16.1. The number of benzene rings is 5. The first kappa shape index (κ1) is 92.3. The monoisotopic (exact) mass is 1900 g/mol. The van der Waals surface area contributed by atoms with Gasteiger partial charge in [0.05, 0.1) is 82.6 Å². The molecule has 5 aromatic carbocycles. The molecule has 0 unspecified atom stereocenters. The van der Waals surface area contributed by atoms with E-state index >= 15 is 0 Å². The summed E-state index contributed by atoms with van der Waals surface area (Å²) in [6.45, 7) is 24.5. The molecular formula is C104H113N33O5. The van der Waals surface area contributed by atoms with Crippen LogP contribution in [-0.4, -0.2) is 203 Å². The molecule has 1 aliphatic carbocycles. The van der Waals surface area contributed by atoms with Crippen molar-refractivity contribution in [3.05, 3.63) is 258 Å². The van der Waals surface area contributed by atoms with Crippen LogP contribution in [0.15, 0.2) is 195 Å². The number of nitrogens with two attached hydrogens (primary N) is 4. The van der Waals surface area contributed by atoms with Crippen LogP contribution in [0, 0.1) is 27.7 Å². The van der Waals surface area contributed by atoms with Crippen molar-refractivity contribution in [1.29, 1.82) is 0 Å². The molecule has 38 nitrogen and oxygen atoms in total. The highest BCUT2D eigenvalue weighted by Crippen LogP contribution is 2.40. The topological polar surface area (TPSA) is 474 Å². The number of fused-ring (bicyclic) bond motifs is 9. The number of imidazole rings is 1. The van der Waals surface area contributed by atoms with Crippen LogP contribution in [0.4, 0.5) is 29.3 Å². The van der Waals surface area contributed by atoms with Gasteiger partial charge in [0.1, 0.15) is 70.9 Å². The minimum Gasteiger partial charge on any atom is -0.424 e. The highest BCUT2D eigenvalue weighted by Gasteiger charge is 2.34. The SMILES string of the molecule is Cc1cccc2cc(CN(C)c3ncnc4nc[nH]c34)n(C3CCN(C(C)C)CC3)c(=O)c12.Cc1cccc2cc(Cn3nc(-c4ccc5oc(N)nc5c4)c4c(N)ncnc43)n(C3CCC3)c(=O)c12.Cc1cccc2cc(Cn3nc(-c4cn[nH]c4)c4c(N)ncnc43)n(C3CCN(C(C)C)CC3)c(=O)c12.Cc1cccc2cc(Cn3nc(-c4cn[nH]c4)c4c(N)ncnc43)n(C3CCN(C)CC3)c(=O)c12. The molecule has 0 bridgehead atoms. The van der Waals surface area contributed by atoms with E-state index in [0.29, 0.717) is 123 Å². The number of likely N-dealkylation sites (tertiary alicyclic amines) is 3. The fraction of sp³-hybridized carbons (Fsp3) is 0.337. The summed E-state index contributed by atoms with van der Waals surface area (Å²) in [6, 6.07) is 39.9. The number of aryl methyl sites for hydroxylation is 4. The number of nitrogens with zero attached hydrogens (tertiary/aromatic N) is 26. The number of aromatic amines is 3. The van der Waals surface area contributed by atoms with Crippen molar-refractivity contribution in [3.63, 3.8) is 0 Å². The third-order valence-corrected chi connectivity index (χ3v) is 29.0. The van der Waals surface area contributed by atoms with Crippen LogP contribution in [0.1, 0.15) is 155 Å². The van der Waals surface area contributed by atoms with Gasteiger partial charge >= 0.3 is 0 Å². The maximum Gasteiger partial charge on any atom is 0.292 e. The van der Waals surface area contributed by atoms with Gasteiger partial charge in [0, 0.05) is 121 Å². The number of nitrogen functional groups attached to an aromatic ring is 4. The van der Waals surface area contributed by atoms with E-state index in [1.54, 1.807) is 41.9 Å². The van der Waals surface area contributed by atoms with Gasteiger partial charge in [-0.15, -0.1) is 0 Å². The van der Waals surface area contributed by atoms with E-state index in [2.05, 4.69) is 158 Å². The Morgan fingerprint density at radius 3 is 1.20 bits per heavy atom. The second kappa shape index (κ2) is 38.3. The Balaban J connectivity index is 0.000000112. The van der Waals surface area contributed by atoms with Gasteiger partial charge in [0.15, 0.2) is 34.0 Å². The van der Waals surface area contributed by atoms with Crippen molar-refractivity contribution >= 4 is 128 Å². The van der Waals surface area contributed by atoms with E-state index in [4.69, 9.17) is 42.6 Å². The van der Waals surface area contributed by atoms with Gasteiger partial charge in [-0.05, 0) is 220 Å². The van der Waals surface area contributed by atoms with E-state index in [1.165, 1.54) is 25.3 Å². The fourth-order valence-electron chi connectivity index (χ4n) is 21.4. The van der Waals surface area contributed by atoms with Gasteiger partial charge in [-0.1, -0.05) is 72.8 Å². The molecule has 0 spiro atoms. The maximum atomic E-state index is 14.0. The molecule has 38 heteroatoms. The Labute approximate surface area is 813 Å². The summed E-state index contributed by atoms with van der Waals surface area (Å²) in [5.41, 5.74) is 41.4. The third-order valence-electron chi connectivity index (χ3n) is 29.0. The van der Waals surface area contributed by atoms with E-state index in [1.807, 2.05) is 143 Å². The second-order valence-corrected chi connectivity index (χ2v) is 38.5. The number of hydrogen-bond acceptors (Lipinski definition) is 28. The summed E-state index contributed by atoms with van der Waals surface area (Å²) in [7, 11) is 4.13. The molecular weight excluding hydrogens is 1790 g/mol. The number of aromatic nitrogens is 25. The molecule has 3 saturated heterocycles. The predicted molar refractivity (Wildman–Crippen MR) is 553 cm³/mol. The lowest BCUT2D eigenvalue weighted by molar-refractivity contribution is 0.149. The molecule has 0 radical (unpaired) electrons. The van der Waals surface area contributed by atoms with Gasteiger partial charge < -0.3 is 70.2 Å². The molecule has 3 aliphatic heterocycles. The highest BCUT2D eigenvalue weighted by molar-refractivity contribution is 6.01. The van der Waals surface area contributed by atoms with Crippen LogP contribution < -0.4 is 50.1 Å². The van der Waals surface area contributed by atoms with Gasteiger partial charge in [0.2, 0.25) is 0 Å². The average Bonchev–Trinajstić information content (AvgIpc) is 1.21. The largest absolute Gasteiger partial charge is 0.424 e. The van der Waals surface area contributed by atoms with Gasteiger partial charge in [-0.2, -0.15) is 30.5 Å². The van der Waals surface area contributed by atoms with E-state index in [-0.39, 0.29) is 52.4 Å². The molecule has 11 N–H and O–H groups in total. The van der Waals surface area contributed by atoms with Crippen LogP contribution in [0.3, 0.4) is 0 Å². The first-order chi connectivity index (χ1) is 68.8. The van der Waals surface area contributed by atoms with Crippen molar-refractivity contribution in [3.8, 4) is 33.8 Å². The van der Waals surface area contributed by atoms with Crippen molar-refractivity contribution in [2.45, 2.75) is 176 Å². The zero-order chi connectivity index (χ0) is 98.2. The Bertz CT molecular complexity index is 8440. The fourth-order valence-corrected chi connectivity index (χ4v) is 21.4. The van der Waals surface area contributed by atoms with Crippen molar-refractivity contribution in [1.82, 2.24) is 138 Å². The molecule has 0 atom stereocenters. The normalized spacial score (nSPS) is 15.1. The number of piperidine rings is 3. The average molecular weight is 1910 g/mol. The summed E-state index contributed by atoms with van der Waals surface area (Å²) < 4.78 is 18.9. The number of pyridine rings is 4. The summed E-state index contributed by atoms with van der Waals surface area (Å²) in [5.74, 6) is 1.83. The van der Waals surface area contributed by atoms with Crippen LogP contribution in [0.5, 0.6) is 0 Å². The first-order valence-corrected chi connectivity index (χ1v) is 48.5. The Kier molecular flexibility index (Phi) is 24.9. The molecule has 142 heavy (non-hydrogen) atoms. The third kappa shape index (κ3) is 17.3. The van der Waals surface area contributed by atoms with Crippen LogP contribution >= 0.6 is 0 Å². The summed E-state index contributed by atoms with van der Waals surface area (Å²) in [5, 5.41) is 37.5.